The summed E-state index contributed by atoms with van der Waals surface area (Å²) in [6.07, 6.45) is 14.6. The average molecular weight is 763 g/mol. The van der Waals surface area contributed by atoms with Crippen LogP contribution >= 0.6 is 0 Å². The first-order chi connectivity index (χ1) is 24.2. The first-order valence-corrected chi connectivity index (χ1v) is 19.6. The summed E-state index contributed by atoms with van der Waals surface area (Å²) in [5.74, 6) is -3.62. The number of carbonyl (C=O) groups is 3. The summed E-state index contributed by atoms with van der Waals surface area (Å²) < 4.78 is 43.5. The van der Waals surface area contributed by atoms with Crippen molar-refractivity contribution in [1.82, 2.24) is 0 Å². The molecule has 53 heavy (non-hydrogen) atoms. The standard InChI is InChI=1S/C16H26O7.C16H30O4.C8H18O.CH4/c1-13(2)19-7-15(5,8-20-13)11(17)23-12(18)16(6)9-21-14(3,4)22-10-16;1-5-6-7-8-9-10-11-18-14(17)16(4)12-19-15(2,3)20-13-16;1-2-3-4-5-6-7-8-9;/h7-10H2,1-6H3;5-13H2,1-4H3;9H,2-8H2,1H3;1H4. The summed E-state index contributed by atoms with van der Waals surface area (Å²) in [5.41, 5.74) is -2.70. The Balaban J connectivity index is 0.000000826. The predicted octanol–water partition coefficient (Wildman–Crippen LogP) is 8.29. The summed E-state index contributed by atoms with van der Waals surface area (Å²) >= 11 is 0. The normalized spacial score (nSPS) is 21.6. The van der Waals surface area contributed by atoms with Crippen molar-refractivity contribution < 1.29 is 57.4 Å². The zero-order valence-electron chi connectivity index (χ0n) is 34.6. The Morgan fingerprint density at radius 1 is 0.472 bits per heavy atom. The monoisotopic (exact) mass is 763 g/mol. The smallest absolute Gasteiger partial charge is 0.324 e. The van der Waals surface area contributed by atoms with Gasteiger partial charge in [0, 0.05) is 6.61 Å². The number of esters is 3. The Morgan fingerprint density at radius 3 is 1.08 bits per heavy atom. The number of unbranched alkanes of at least 4 members (excludes halogenated alkanes) is 10. The molecule has 12 nitrogen and oxygen atoms in total. The van der Waals surface area contributed by atoms with Crippen LogP contribution in [-0.4, -0.2) is 93.2 Å². The topological polar surface area (TPSA) is 145 Å². The molecule has 0 spiro atoms. The molecule has 3 aliphatic rings. The molecule has 0 amide bonds. The van der Waals surface area contributed by atoms with Gasteiger partial charge in [0.1, 0.15) is 16.2 Å². The molecule has 3 heterocycles. The van der Waals surface area contributed by atoms with Crippen LogP contribution in [0.15, 0.2) is 0 Å². The molecule has 0 radical (unpaired) electrons. The number of aliphatic hydroxyl groups is 1. The van der Waals surface area contributed by atoms with Crippen molar-refractivity contribution in [1.29, 1.82) is 0 Å². The van der Waals surface area contributed by atoms with Crippen LogP contribution in [-0.2, 0) is 52.3 Å². The van der Waals surface area contributed by atoms with E-state index in [4.69, 9.17) is 43.0 Å². The van der Waals surface area contributed by atoms with Gasteiger partial charge in [-0.2, -0.15) is 0 Å². The van der Waals surface area contributed by atoms with Crippen molar-refractivity contribution in [3.63, 3.8) is 0 Å². The molecule has 3 rings (SSSR count). The molecule has 0 saturated carbocycles. The predicted molar refractivity (Wildman–Crippen MR) is 205 cm³/mol. The van der Waals surface area contributed by atoms with E-state index in [9.17, 15) is 14.4 Å². The van der Waals surface area contributed by atoms with Crippen molar-refractivity contribution in [2.45, 2.75) is 178 Å². The molecule has 314 valence electrons. The van der Waals surface area contributed by atoms with Gasteiger partial charge in [0.05, 0.1) is 46.2 Å². The van der Waals surface area contributed by atoms with Gasteiger partial charge in [-0.1, -0.05) is 85.5 Å². The maximum Gasteiger partial charge on any atom is 0.324 e. The summed E-state index contributed by atoms with van der Waals surface area (Å²) in [4.78, 5) is 36.8. The van der Waals surface area contributed by atoms with E-state index in [0.717, 1.165) is 19.3 Å². The Hall–Kier alpha value is -1.67. The fraction of sp³-hybridized carbons (Fsp3) is 0.927. The summed E-state index contributed by atoms with van der Waals surface area (Å²) in [5, 5.41) is 8.42. The maximum absolute atomic E-state index is 12.4. The molecule has 0 bridgehead atoms. The van der Waals surface area contributed by atoms with Gasteiger partial charge in [-0.25, -0.2) is 0 Å². The lowest BCUT2D eigenvalue weighted by atomic mass is 9.90. The molecule has 3 aliphatic heterocycles. The van der Waals surface area contributed by atoms with Gasteiger partial charge in [0.2, 0.25) is 0 Å². The molecule has 0 aromatic rings. The highest BCUT2D eigenvalue weighted by Gasteiger charge is 2.49. The molecule has 12 heteroatoms. The van der Waals surface area contributed by atoms with Crippen LogP contribution in [0.2, 0.25) is 0 Å². The highest BCUT2D eigenvalue weighted by atomic mass is 16.7. The first-order valence-electron chi connectivity index (χ1n) is 19.6. The Labute approximate surface area is 322 Å². The van der Waals surface area contributed by atoms with Crippen molar-refractivity contribution in [3.8, 4) is 0 Å². The van der Waals surface area contributed by atoms with Gasteiger partial charge >= 0.3 is 17.9 Å². The van der Waals surface area contributed by atoms with E-state index in [1.165, 1.54) is 57.8 Å². The van der Waals surface area contributed by atoms with Crippen LogP contribution < -0.4 is 0 Å². The number of hydrogen-bond acceptors (Lipinski definition) is 12. The minimum Gasteiger partial charge on any atom is -0.465 e. The van der Waals surface area contributed by atoms with E-state index in [0.29, 0.717) is 26.4 Å². The number of hydrogen-bond donors (Lipinski definition) is 1. The molecule has 3 saturated heterocycles. The molecular formula is C41H78O12. The summed E-state index contributed by atoms with van der Waals surface area (Å²) in [7, 11) is 0. The van der Waals surface area contributed by atoms with E-state index in [2.05, 4.69) is 13.8 Å². The number of rotatable bonds is 16. The molecule has 1 N–H and O–H groups in total. The molecule has 0 atom stereocenters. The summed E-state index contributed by atoms with van der Waals surface area (Å²) in [6.45, 7) is 22.4. The fourth-order valence-corrected chi connectivity index (χ4v) is 5.05. The van der Waals surface area contributed by atoms with Crippen molar-refractivity contribution in [2.24, 2.45) is 16.2 Å². The lowest BCUT2D eigenvalue weighted by molar-refractivity contribution is -0.286. The Kier molecular flexibility index (Phi) is 23.3. The molecule has 3 fully saturated rings. The van der Waals surface area contributed by atoms with Crippen LogP contribution in [0, 0.1) is 16.2 Å². The first kappa shape index (κ1) is 51.3. The van der Waals surface area contributed by atoms with Gasteiger partial charge in [0.15, 0.2) is 17.4 Å². The Bertz CT molecular complexity index is 974. The van der Waals surface area contributed by atoms with E-state index in [1.54, 1.807) is 41.5 Å². The second-order valence-electron chi connectivity index (χ2n) is 16.7. The van der Waals surface area contributed by atoms with E-state index in [1.807, 2.05) is 20.8 Å². The minimum absolute atomic E-state index is 0. The number of aliphatic hydroxyl groups excluding tert-OH is 1. The third-order valence-electron chi connectivity index (χ3n) is 9.34. The highest BCUT2D eigenvalue weighted by molar-refractivity contribution is 5.91. The number of carbonyl (C=O) groups excluding carboxylic acids is 3. The molecule has 0 aliphatic carbocycles. The fourth-order valence-electron chi connectivity index (χ4n) is 5.05. The lowest BCUT2D eigenvalue weighted by Crippen LogP contribution is -2.53. The van der Waals surface area contributed by atoms with Crippen molar-refractivity contribution in [2.75, 3.05) is 52.9 Å². The zero-order valence-corrected chi connectivity index (χ0v) is 34.6. The Morgan fingerprint density at radius 2 is 0.755 bits per heavy atom. The van der Waals surface area contributed by atoms with Crippen LogP contribution in [0.5, 0.6) is 0 Å². The van der Waals surface area contributed by atoms with Gasteiger partial charge in [0.25, 0.3) is 0 Å². The van der Waals surface area contributed by atoms with Crippen LogP contribution in [0.3, 0.4) is 0 Å². The van der Waals surface area contributed by atoms with Crippen LogP contribution in [0.4, 0.5) is 0 Å². The van der Waals surface area contributed by atoms with E-state index in [-0.39, 0.29) is 39.8 Å². The second kappa shape index (κ2) is 24.1. The highest BCUT2D eigenvalue weighted by Crippen LogP contribution is 2.34. The van der Waals surface area contributed by atoms with Crippen molar-refractivity contribution >= 4 is 17.9 Å². The summed E-state index contributed by atoms with van der Waals surface area (Å²) in [6, 6.07) is 0. The third-order valence-corrected chi connectivity index (χ3v) is 9.34. The molecule has 0 aromatic carbocycles. The van der Waals surface area contributed by atoms with Gasteiger partial charge in [-0.15, -0.1) is 0 Å². The average Bonchev–Trinajstić information content (AvgIpc) is 3.09. The molecular weight excluding hydrogens is 684 g/mol. The largest absolute Gasteiger partial charge is 0.465 e. The minimum atomic E-state index is -1.02. The zero-order chi connectivity index (χ0) is 39.5. The molecule has 0 unspecified atom stereocenters. The quantitative estimate of drug-likeness (QED) is 0.0917. The van der Waals surface area contributed by atoms with E-state index >= 15 is 0 Å². The second-order valence-corrected chi connectivity index (χ2v) is 16.7. The third kappa shape index (κ3) is 19.7. The van der Waals surface area contributed by atoms with E-state index < -0.39 is 45.5 Å². The van der Waals surface area contributed by atoms with Gasteiger partial charge in [-0.05, 0) is 75.2 Å². The van der Waals surface area contributed by atoms with Gasteiger partial charge < -0.3 is 43.0 Å². The van der Waals surface area contributed by atoms with Crippen LogP contribution in [0.1, 0.15) is 161 Å². The maximum atomic E-state index is 12.4. The van der Waals surface area contributed by atoms with Crippen molar-refractivity contribution in [3.05, 3.63) is 0 Å². The molecule has 0 aromatic heterocycles. The SMILES string of the molecule is C.CC1(C)OCC(C)(C(=O)OC(=O)C2(C)COC(C)(C)OC2)CO1.CCCCCCCCO.CCCCCCCCOC(=O)C1(C)COC(C)(C)OC1. The van der Waals surface area contributed by atoms with Crippen LogP contribution in [0.25, 0.3) is 0 Å². The van der Waals surface area contributed by atoms with Gasteiger partial charge in [-0.3, -0.25) is 14.4 Å². The lowest BCUT2D eigenvalue weighted by Gasteiger charge is -2.41. The number of ether oxygens (including phenoxy) is 8.